The highest BCUT2D eigenvalue weighted by atomic mass is 16.6. The van der Waals surface area contributed by atoms with Crippen LogP contribution in [-0.2, 0) is 16.1 Å². The van der Waals surface area contributed by atoms with Crippen molar-refractivity contribution >= 4 is 23.3 Å². The van der Waals surface area contributed by atoms with Crippen LogP contribution < -0.4 is 10.9 Å². The Labute approximate surface area is 148 Å². The van der Waals surface area contributed by atoms with Crippen LogP contribution in [0.4, 0.5) is 11.4 Å². The van der Waals surface area contributed by atoms with Crippen LogP contribution in [0.5, 0.6) is 0 Å². The first-order valence-electron chi connectivity index (χ1n) is 7.76. The highest BCUT2D eigenvalue weighted by Crippen LogP contribution is 2.16. The van der Waals surface area contributed by atoms with E-state index in [9.17, 15) is 24.5 Å². The van der Waals surface area contributed by atoms with Crippen LogP contribution in [0.1, 0.15) is 23.0 Å². The fourth-order valence-electron chi connectivity index (χ4n) is 2.31. The number of benzene rings is 1. The minimum absolute atomic E-state index is 0.172. The topological polar surface area (TPSA) is 121 Å². The van der Waals surface area contributed by atoms with Gasteiger partial charge < -0.3 is 10.1 Å². The molecule has 0 saturated heterocycles. The van der Waals surface area contributed by atoms with E-state index in [-0.39, 0.29) is 17.9 Å². The molecule has 1 aromatic carbocycles. The zero-order chi connectivity index (χ0) is 19.3. The van der Waals surface area contributed by atoms with Crippen molar-refractivity contribution in [3.05, 3.63) is 68.1 Å². The second-order valence-electron chi connectivity index (χ2n) is 5.32. The number of hydrogen-bond donors (Lipinski definition) is 1. The van der Waals surface area contributed by atoms with Gasteiger partial charge in [0.25, 0.3) is 0 Å². The predicted molar refractivity (Wildman–Crippen MR) is 93.1 cm³/mol. The summed E-state index contributed by atoms with van der Waals surface area (Å²) in [5.41, 5.74) is -0.688. The molecule has 1 amide bonds. The van der Waals surface area contributed by atoms with Gasteiger partial charge in [-0.3, -0.25) is 24.3 Å². The van der Waals surface area contributed by atoms with Crippen molar-refractivity contribution in [1.82, 2.24) is 4.57 Å². The average molecular weight is 359 g/mol. The summed E-state index contributed by atoms with van der Waals surface area (Å²) in [5.74, 6) is -1.19. The molecule has 0 bridgehead atoms. The summed E-state index contributed by atoms with van der Waals surface area (Å²) in [4.78, 5) is 46.5. The number of aryl methyl sites for hydroxylation is 1. The Kier molecular flexibility index (Phi) is 5.84. The number of esters is 1. The van der Waals surface area contributed by atoms with Crippen molar-refractivity contribution in [1.29, 1.82) is 0 Å². The fourth-order valence-corrected chi connectivity index (χ4v) is 2.31. The van der Waals surface area contributed by atoms with E-state index in [0.717, 1.165) is 10.6 Å². The monoisotopic (exact) mass is 359 g/mol. The van der Waals surface area contributed by atoms with Crippen LogP contribution in [0.2, 0.25) is 0 Å². The van der Waals surface area contributed by atoms with Crippen molar-refractivity contribution in [2.45, 2.75) is 20.4 Å². The van der Waals surface area contributed by atoms with Crippen molar-refractivity contribution in [3.8, 4) is 0 Å². The molecule has 26 heavy (non-hydrogen) atoms. The maximum atomic E-state index is 12.3. The van der Waals surface area contributed by atoms with Gasteiger partial charge in [0, 0.05) is 11.8 Å². The number of carbonyl (C=O) groups excluding carboxylic acids is 2. The number of amides is 1. The number of carbonyl (C=O) groups is 2. The van der Waals surface area contributed by atoms with E-state index in [1.807, 2.05) is 0 Å². The van der Waals surface area contributed by atoms with Crippen molar-refractivity contribution < 1.29 is 19.2 Å². The van der Waals surface area contributed by atoms with Gasteiger partial charge >= 0.3 is 17.2 Å². The molecule has 0 fully saturated rings. The molecular weight excluding hydrogens is 342 g/mol. The quantitative estimate of drug-likeness (QED) is 0.477. The van der Waals surface area contributed by atoms with E-state index in [2.05, 4.69) is 5.32 Å². The molecule has 1 heterocycles. The van der Waals surface area contributed by atoms with Gasteiger partial charge in [0.05, 0.1) is 22.8 Å². The number of aromatic nitrogens is 1. The zero-order valence-electron chi connectivity index (χ0n) is 14.2. The van der Waals surface area contributed by atoms with Crippen LogP contribution >= 0.6 is 0 Å². The Morgan fingerprint density at radius 2 is 1.92 bits per heavy atom. The van der Waals surface area contributed by atoms with Gasteiger partial charge in [-0.25, -0.2) is 4.79 Å². The number of nitrogens with zero attached hydrogens (tertiary/aromatic N) is 2. The summed E-state index contributed by atoms with van der Waals surface area (Å²) in [5, 5.41) is 13.4. The summed E-state index contributed by atoms with van der Waals surface area (Å²) >= 11 is 0. The zero-order valence-corrected chi connectivity index (χ0v) is 14.2. The van der Waals surface area contributed by atoms with E-state index in [4.69, 9.17) is 4.74 Å². The third-order valence-electron chi connectivity index (χ3n) is 3.57. The lowest BCUT2D eigenvalue weighted by atomic mass is 10.2. The number of nitrogens with one attached hydrogen (secondary N) is 1. The van der Waals surface area contributed by atoms with E-state index in [0.29, 0.717) is 5.69 Å². The number of hydrogen-bond acceptors (Lipinski definition) is 6. The van der Waals surface area contributed by atoms with Gasteiger partial charge in [0.2, 0.25) is 5.91 Å². The van der Waals surface area contributed by atoms with Crippen LogP contribution in [0, 0.1) is 17.0 Å². The third kappa shape index (κ3) is 4.12. The highest BCUT2D eigenvalue weighted by molar-refractivity contribution is 6.01. The summed E-state index contributed by atoms with van der Waals surface area (Å²) in [6.07, 6.45) is 0. The summed E-state index contributed by atoms with van der Waals surface area (Å²) < 4.78 is 5.93. The maximum absolute atomic E-state index is 12.3. The minimum atomic E-state index is -0.871. The normalized spacial score (nSPS) is 10.2. The lowest BCUT2D eigenvalue weighted by Gasteiger charge is -2.12. The molecule has 0 atom stereocenters. The molecule has 2 aromatic rings. The van der Waals surface area contributed by atoms with Crippen molar-refractivity contribution in [3.63, 3.8) is 0 Å². The molecule has 9 heteroatoms. The Bertz CT molecular complexity index is 919. The molecule has 0 unspecified atom stereocenters. The molecule has 0 aliphatic rings. The van der Waals surface area contributed by atoms with Crippen LogP contribution in [0.15, 0.2) is 41.2 Å². The molecule has 2 rings (SSSR count). The van der Waals surface area contributed by atoms with E-state index >= 15 is 0 Å². The molecule has 0 saturated carbocycles. The molecule has 0 aliphatic heterocycles. The van der Waals surface area contributed by atoms with Crippen LogP contribution in [0.3, 0.4) is 0 Å². The highest BCUT2D eigenvalue weighted by Gasteiger charge is 2.19. The van der Waals surface area contributed by atoms with Crippen molar-refractivity contribution in [2.24, 2.45) is 0 Å². The predicted octanol–water partition coefficient (Wildman–Crippen LogP) is 1.88. The first-order valence-corrected chi connectivity index (χ1v) is 7.76. The molecule has 0 aliphatic carbocycles. The lowest BCUT2D eigenvalue weighted by Crippen LogP contribution is -2.30. The van der Waals surface area contributed by atoms with E-state index in [1.165, 1.54) is 18.2 Å². The average Bonchev–Trinajstić information content (AvgIpc) is 2.59. The Morgan fingerprint density at radius 1 is 1.23 bits per heavy atom. The van der Waals surface area contributed by atoms with Gasteiger partial charge in [0.1, 0.15) is 6.54 Å². The standard InChI is InChI=1S/C17H17N3O6/c1-3-26-17(23)12-6-4-5-7-13(12)18-15(21)10-19-11(2)8-9-14(16(19)22)20(24)25/h4-9H,3,10H2,1-2H3,(H,18,21). The van der Waals surface area contributed by atoms with Gasteiger partial charge in [0.15, 0.2) is 0 Å². The first kappa shape index (κ1) is 18.8. The lowest BCUT2D eigenvalue weighted by molar-refractivity contribution is -0.386. The number of nitro groups is 1. The van der Waals surface area contributed by atoms with Gasteiger partial charge in [-0.15, -0.1) is 0 Å². The van der Waals surface area contributed by atoms with Gasteiger partial charge in [-0.2, -0.15) is 0 Å². The van der Waals surface area contributed by atoms with E-state index in [1.54, 1.807) is 26.0 Å². The summed E-state index contributed by atoms with van der Waals surface area (Å²) in [7, 11) is 0. The summed E-state index contributed by atoms with van der Waals surface area (Å²) in [6.45, 7) is 2.98. The van der Waals surface area contributed by atoms with Gasteiger partial charge in [-0.05, 0) is 32.0 Å². The molecule has 1 N–H and O–H groups in total. The molecule has 0 spiro atoms. The van der Waals surface area contributed by atoms with Crippen LogP contribution in [-0.4, -0.2) is 28.0 Å². The number of pyridine rings is 1. The number of para-hydroxylation sites is 1. The number of rotatable bonds is 6. The Morgan fingerprint density at radius 3 is 2.58 bits per heavy atom. The van der Waals surface area contributed by atoms with Crippen LogP contribution in [0.25, 0.3) is 0 Å². The molecule has 136 valence electrons. The number of anilines is 1. The second-order valence-corrected chi connectivity index (χ2v) is 5.32. The SMILES string of the molecule is CCOC(=O)c1ccccc1NC(=O)Cn1c(C)ccc([N+](=O)[O-])c1=O. The Balaban J connectivity index is 2.26. The Hall–Kier alpha value is -3.49. The molecule has 0 radical (unpaired) electrons. The molecular formula is C17H17N3O6. The fraction of sp³-hybridized carbons (Fsp3) is 0.235. The minimum Gasteiger partial charge on any atom is -0.462 e. The van der Waals surface area contributed by atoms with Gasteiger partial charge in [-0.1, -0.05) is 12.1 Å². The molecule has 9 nitrogen and oxygen atoms in total. The second kappa shape index (κ2) is 8.06. The summed E-state index contributed by atoms with van der Waals surface area (Å²) in [6, 6.07) is 8.76. The molecule has 1 aromatic heterocycles. The number of ether oxygens (including phenoxy) is 1. The maximum Gasteiger partial charge on any atom is 0.340 e. The third-order valence-corrected chi connectivity index (χ3v) is 3.57. The largest absolute Gasteiger partial charge is 0.462 e. The first-order chi connectivity index (χ1) is 12.3. The van der Waals surface area contributed by atoms with E-state index < -0.39 is 34.6 Å². The van der Waals surface area contributed by atoms with Crippen molar-refractivity contribution in [2.75, 3.05) is 11.9 Å². The smallest absolute Gasteiger partial charge is 0.340 e.